The van der Waals surface area contributed by atoms with Crippen LogP contribution in [-0.4, -0.2) is 21.9 Å². The Morgan fingerprint density at radius 2 is 2.05 bits per heavy atom. The van der Waals surface area contributed by atoms with Crippen molar-refractivity contribution in [1.82, 2.24) is 14.8 Å². The van der Waals surface area contributed by atoms with Gasteiger partial charge in [-0.1, -0.05) is 6.92 Å². The maximum absolute atomic E-state index is 6.18. The minimum Gasteiger partial charge on any atom is -0.497 e. The van der Waals surface area contributed by atoms with E-state index in [4.69, 9.17) is 10.5 Å². The Morgan fingerprint density at radius 1 is 1.32 bits per heavy atom. The topological polar surface area (TPSA) is 66.0 Å². The van der Waals surface area contributed by atoms with E-state index in [0.29, 0.717) is 5.92 Å². The summed E-state index contributed by atoms with van der Waals surface area (Å²) in [6.45, 7) is 3.06. The Balaban J connectivity index is 1.96. The number of rotatable bonds is 2. The van der Waals surface area contributed by atoms with Crippen molar-refractivity contribution in [2.45, 2.75) is 25.9 Å². The molecule has 5 heteroatoms. The van der Waals surface area contributed by atoms with Crippen LogP contribution < -0.4 is 10.5 Å². The number of aromatic nitrogens is 3. The van der Waals surface area contributed by atoms with Gasteiger partial charge in [-0.05, 0) is 36.6 Å². The second-order valence-electron chi connectivity index (χ2n) is 5.04. The summed E-state index contributed by atoms with van der Waals surface area (Å²) >= 11 is 0. The summed E-state index contributed by atoms with van der Waals surface area (Å²) in [5.74, 6) is 2.92. The van der Waals surface area contributed by atoms with Crippen molar-refractivity contribution in [2.24, 2.45) is 11.7 Å². The number of aryl methyl sites for hydroxylation is 1. The van der Waals surface area contributed by atoms with Crippen molar-refractivity contribution in [3.8, 4) is 17.1 Å². The zero-order valence-corrected chi connectivity index (χ0v) is 11.2. The molecule has 0 fully saturated rings. The molecule has 1 aliphatic rings. The van der Waals surface area contributed by atoms with Crippen LogP contribution in [0, 0.1) is 5.92 Å². The lowest BCUT2D eigenvalue weighted by Gasteiger charge is -2.24. The fraction of sp³-hybridized carbons (Fsp3) is 0.429. The molecule has 0 bridgehead atoms. The first kappa shape index (κ1) is 12.2. The molecule has 2 atom stereocenters. The van der Waals surface area contributed by atoms with E-state index in [1.54, 1.807) is 7.11 Å². The Hall–Kier alpha value is -1.88. The summed E-state index contributed by atoms with van der Waals surface area (Å²) in [7, 11) is 1.66. The zero-order valence-electron chi connectivity index (χ0n) is 11.2. The van der Waals surface area contributed by atoms with E-state index >= 15 is 0 Å². The predicted octanol–water partition coefficient (Wildman–Crippen LogP) is 1.99. The molecule has 19 heavy (non-hydrogen) atoms. The van der Waals surface area contributed by atoms with Crippen LogP contribution in [0.1, 0.15) is 25.2 Å². The largest absolute Gasteiger partial charge is 0.497 e. The Morgan fingerprint density at radius 3 is 2.74 bits per heavy atom. The lowest BCUT2D eigenvalue weighted by molar-refractivity contribution is 0.323. The molecule has 0 amide bonds. The molecule has 2 heterocycles. The minimum absolute atomic E-state index is 0.0201. The molecular formula is C14H18N4O. The van der Waals surface area contributed by atoms with Gasteiger partial charge in [-0.2, -0.15) is 5.10 Å². The first-order valence-electron chi connectivity index (χ1n) is 6.54. The highest BCUT2D eigenvalue weighted by Crippen LogP contribution is 2.29. The van der Waals surface area contributed by atoms with E-state index in [1.165, 1.54) is 0 Å². The second-order valence-corrected chi connectivity index (χ2v) is 5.04. The van der Waals surface area contributed by atoms with Gasteiger partial charge < -0.3 is 10.5 Å². The molecule has 3 rings (SSSR count). The molecule has 0 spiro atoms. The fourth-order valence-corrected chi connectivity index (χ4v) is 2.39. The average molecular weight is 258 g/mol. The van der Waals surface area contributed by atoms with E-state index in [2.05, 4.69) is 17.0 Å². The van der Waals surface area contributed by atoms with Crippen LogP contribution in [0.3, 0.4) is 0 Å². The molecule has 1 aromatic carbocycles. The molecular weight excluding hydrogens is 240 g/mol. The van der Waals surface area contributed by atoms with Gasteiger partial charge in [0.05, 0.1) is 13.2 Å². The van der Waals surface area contributed by atoms with Crippen molar-refractivity contribution in [1.29, 1.82) is 0 Å². The third kappa shape index (κ3) is 2.10. The second kappa shape index (κ2) is 4.66. The van der Waals surface area contributed by atoms with Crippen LogP contribution in [0.4, 0.5) is 0 Å². The number of hydrogen-bond acceptors (Lipinski definition) is 4. The third-order valence-electron chi connectivity index (χ3n) is 3.76. The smallest absolute Gasteiger partial charge is 0.181 e. The van der Waals surface area contributed by atoms with Crippen LogP contribution in [0.2, 0.25) is 0 Å². The molecule has 2 unspecified atom stereocenters. The number of methoxy groups -OCH3 is 1. The van der Waals surface area contributed by atoms with Crippen LogP contribution in [0.5, 0.6) is 5.75 Å². The molecule has 1 aromatic heterocycles. The quantitative estimate of drug-likeness (QED) is 0.894. The van der Waals surface area contributed by atoms with Gasteiger partial charge in [0.1, 0.15) is 11.6 Å². The van der Waals surface area contributed by atoms with Crippen molar-refractivity contribution < 1.29 is 4.74 Å². The van der Waals surface area contributed by atoms with Crippen molar-refractivity contribution in [2.75, 3.05) is 7.11 Å². The summed E-state index contributed by atoms with van der Waals surface area (Å²) in [5, 5.41) is 4.55. The number of nitrogens with two attached hydrogens (primary N) is 1. The summed E-state index contributed by atoms with van der Waals surface area (Å²) in [4.78, 5) is 4.59. The molecule has 2 aromatic rings. The lowest BCUT2D eigenvalue weighted by Crippen LogP contribution is -2.29. The fourth-order valence-electron chi connectivity index (χ4n) is 2.39. The third-order valence-corrected chi connectivity index (χ3v) is 3.76. The van der Waals surface area contributed by atoms with Crippen LogP contribution >= 0.6 is 0 Å². The van der Waals surface area contributed by atoms with Crippen LogP contribution in [0.25, 0.3) is 11.4 Å². The number of nitrogens with zero attached hydrogens (tertiary/aromatic N) is 3. The van der Waals surface area contributed by atoms with Gasteiger partial charge in [-0.3, -0.25) is 0 Å². The summed E-state index contributed by atoms with van der Waals surface area (Å²) in [6.07, 6.45) is 1.06. The SMILES string of the molecule is COc1ccc(-c2nc3n(n2)CCC(C)C3N)cc1. The lowest BCUT2D eigenvalue weighted by atomic mass is 9.95. The number of fused-ring (bicyclic) bond motifs is 1. The monoisotopic (exact) mass is 258 g/mol. The predicted molar refractivity (Wildman–Crippen MR) is 72.7 cm³/mol. The van der Waals surface area contributed by atoms with Crippen molar-refractivity contribution in [3.63, 3.8) is 0 Å². The van der Waals surface area contributed by atoms with E-state index in [9.17, 15) is 0 Å². The van der Waals surface area contributed by atoms with E-state index in [1.807, 2.05) is 28.9 Å². The molecule has 0 saturated heterocycles. The summed E-state index contributed by atoms with van der Waals surface area (Å²) in [5.41, 5.74) is 7.17. The van der Waals surface area contributed by atoms with E-state index < -0.39 is 0 Å². The highest BCUT2D eigenvalue weighted by atomic mass is 16.5. The Labute approximate surface area is 112 Å². The first-order chi connectivity index (χ1) is 9.19. The van der Waals surface area contributed by atoms with Crippen LogP contribution in [0.15, 0.2) is 24.3 Å². The Bertz CT molecular complexity index is 576. The van der Waals surface area contributed by atoms with Gasteiger partial charge in [0.25, 0.3) is 0 Å². The van der Waals surface area contributed by atoms with Gasteiger partial charge in [-0.25, -0.2) is 9.67 Å². The maximum atomic E-state index is 6.18. The van der Waals surface area contributed by atoms with Gasteiger partial charge in [-0.15, -0.1) is 0 Å². The molecule has 100 valence electrons. The minimum atomic E-state index is -0.0201. The summed E-state index contributed by atoms with van der Waals surface area (Å²) in [6, 6.07) is 7.74. The number of ether oxygens (including phenoxy) is 1. The maximum Gasteiger partial charge on any atom is 0.181 e. The van der Waals surface area contributed by atoms with E-state index in [-0.39, 0.29) is 6.04 Å². The molecule has 0 aliphatic carbocycles. The highest BCUT2D eigenvalue weighted by molar-refractivity contribution is 5.56. The number of benzene rings is 1. The van der Waals surface area contributed by atoms with Gasteiger partial charge in [0.2, 0.25) is 0 Å². The standard InChI is InChI=1S/C14H18N4O/c1-9-7-8-18-14(12(9)15)16-13(17-18)10-3-5-11(19-2)6-4-10/h3-6,9,12H,7-8,15H2,1-2H3. The van der Waals surface area contributed by atoms with Crippen molar-refractivity contribution in [3.05, 3.63) is 30.1 Å². The molecule has 1 aliphatic heterocycles. The van der Waals surface area contributed by atoms with E-state index in [0.717, 1.165) is 35.9 Å². The average Bonchev–Trinajstić information content (AvgIpc) is 2.88. The molecule has 0 radical (unpaired) electrons. The van der Waals surface area contributed by atoms with Crippen LogP contribution in [-0.2, 0) is 6.54 Å². The Kier molecular flexibility index (Phi) is 2.98. The molecule has 2 N–H and O–H groups in total. The molecule has 5 nitrogen and oxygen atoms in total. The van der Waals surface area contributed by atoms with Gasteiger partial charge in [0.15, 0.2) is 5.82 Å². The zero-order chi connectivity index (χ0) is 13.4. The van der Waals surface area contributed by atoms with Gasteiger partial charge >= 0.3 is 0 Å². The normalized spacial score (nSPS) is 22.1. The molecule has 0 saturated carbocycles. The summed E-state index contributed by atoms with van der Waals surface area (Å²) < 4.78 is 7.09. The number of hydrogen-bond donors (Lipinski definition) is 1. The first-order valence-corrected chi connectivity index (χ1v) is 6.54. The highest BCUT2D eigenvalue weighted by Gasteiger charge is 2.27. The van der Waals surface area contributed by atoms with Crippen molar-refractivity contribution >= 4 is 0 Å². The van der Waals surface area contributed by atoms with Gasteiger partial charge in [0, 0.05) is 12.1 Å².